The maximum Gasteiger partial charge on any atom is 0.337 e. The Kier molecular flexibility index (Phi) is 6.41. The molecule has 3 N–H and O–H groups in total. The molecule has 0 bridgehead atoms. The van der Waals surface area contributed by atoms with Gasteiger partial charge in [-0.15, -0.1) is 0 Å². The number of hydrogen-bond donors (Lipinski definition) is 3. The van der Waals surface area contributed by atoms with E-state index in [0.717, 1.165) is 37.1 Å². The van der Waals surface area contributed by atoms with E-state index in [1.54, 1.807) is 18.2 Å². The Morgan fingerprint density at radius 1 is 1.18 bits per heavy atom. The van der Waals surface area contributed by atoms with Crippen LogP contribution in [0.5, 0.6) is 0 Å². The third-order valence-corrected chi connectivity index (χ3v) is 6.75. The number of rotatable bonds is 6. The van der Waals surface area contributed by atoms with Crippen LogP contribution in [0.2, 0.25) is 0 Å². The number of hydrogen-bond acceptors (Lipinski definition) is 6. The van der Waals surface area contributed by atoms with Crippen molar-refractivity contribution in [1.82, 2.24) is 0 Å². The van der Waals surface area contributed by atoms with E-state index in [1.807, 2.05) is 26.0 Å². The fourth-order valence-corrected chi connectivity index (χ4v) is 4.54. The number of carbonyl (C=O) groups is 1. The number of benzene rings is 2. The molecule has 1 aliphatic rings. The number of aliphatic hydroxyl groups is 1. The van der Waals surface area contributed by atoms with Crippen LogP contribution in [-0.2, 0) is 6.61 Å². The predicted octanol–water partition coefficient (Wildman–Crippen LogP) is 5.09. The first-order chi connectivity index (χ1) is 16.1. The number of anilines is 2. The van der Waals surface area contributed by atoms with E-state index in [4.69, 9.17) is 4.42 Å². The van der Waals surface area contributed by atoms with Crippen molar-refractivity contribution in [2.24, 2.45) is 5.41 Å². The monoisotopic (exact) mass is 464 g/mol. The summed E-state index contributed by atoms with van der Waals surface area (Å²) in [6, 6.07) is 9.85. The minimum absolute atomic E-state index is 0.0773. The first-order valence-corrected chi connectivity index (χ1v) is 11.6. The van der Waals surface area contributed by atoms with Gasteiger partial charge in [-0.25, -0.2) is 4.79 Å². The molecule has 0 radical (unpaired) electrons. The summed E-state index contributed by atoms with van der Waals surface area (Å²) in [5.41, 5.74) is 3.45. The highest BCUT2D eigenvalue weighted by molar-refractivity contribution is 5.94. The van der Waals surface area contributed by atoms with Crippen LogP contribution >= 0.6 is 0 Å². The van der Waals surface area contributed by atoms with Gasteiger partial charge < -0.3 is 24.8 Å². The van der Waals surface area contributed by atoms with Gasteiger partial charge >= 0.3 is 5.97 Å². The van der Waals surface area contributed by atoms with E-state index < -0.39 is 5.97 Å². The molecule has 4 rings (SSSR count). The smallest absolute Gasteiger partial charge is 0.337 e. The lowest BCUT2D eigenvalue weighted by molar-refractivity contribution is 0.0697. The van der Waals surface area contributed by atoms with Crippen molar-refractivity contribution in [3.63, 3.8) is 0 Å². The molecule has 34 heavy (non-hydrogen) atoms. The average Bonchev–Trinajstić information content (AvgIpc) is 2.79. The highest BCUT2D eigenvalue weighted by atomic mass is 16.4. The first-order valence-electron chi connectivity index (χ1n) is 11.6. The van der Waals surface area contributed by atoms with Gasteiger partial charge in [-0.1, -0.05) is 26.0 Å². The Hall–Kier alpha value is -3.32. The van der Waals surface area contributed by atoms with Gasteiger partial charge in [-0.05, 0) is 61.4 Å². The number of nitrogens with zero attached hydrogens (tertiary/aromatic N) is 1. The molecule has 1 unspecified atom stereocenters. The summed E-state index contributed by atoms with van der Waals surface area (Å²) in [6.45, 7) is 9.77. The third-order valence-electron chi connectivity index (χ3n) is 6.75. The molecule has 1 saturated heterocycles. The van der Waals surface area contributed by atoms with Gasteiger partial charge in [-0.2, -0.15) is 0 Å². The molecule has 0 amide bonds. The lowest BCUT2D eigenvalue weighted by atomic mass is 9.83. The van der Waals surface area contributed by atoms with E-state index in [2.05, 4.69) is 24.1 Å². The number of nitrogens with one attached hydrogen (secondary N) is 1. The highest BCUT2D eigenvalue weighted by Gasteiger charge is 2.27. The van der Waals surface area contributed by atoms with Crippen molar-refractivity contribution < 1.29 is 19.4 Å². The van der Waals surface area contributed by atoms with Gasteiger partial charge in [0.2, 0.25) is 0 Å². The molecule has 2 heterocycles. The van der Waals surface area contributed by atoms with Crippen LogP contribution in [0.3, 0.4) is 0 Å². The van der Waals surface area contributed by atoms with Crippen molar-refractivity contribution in [3.05, 3.63) is 68.9 Å². The lowest BCUT2D eigenvalue weighted by Crippen LogP contribution is -2.37. The fourth-order valence-electron chi connectivity index (χ4n) is 4.54. The number of carboxylic acids is 1. The Morgan fingerprint density at radius 2 is 1.88 bits per heavy atom. The topological polar surface area (TPSA) is 103 Å². The van der Waals surface area contributed by atoms with Gasteiger partial charge in [0, 0.05) is 30.4 Å². The summed E-state index contributed by atoms with van der Waals surface area (Å²) in [4.78, 5) is 27.0. The molecule has 0 spiro atoms. The van der Waals surface area contributed by atoms with E-state index in [-0.39, 0.29) is 29.1 Å². The summed E-state index contributed by atoms with van der Waals surface area (Å²) < 4.78 is 6.35. The summed E-state index contributed by atoms with van der Waals surface area (Å²) in [5.74, 6) is -0.509. The number of aryl methyl sites for hydroxylation is 1. The second kappa shape index (κ2) is 9.14. The Bertz CT molecular complexity index is 1280. The minimum atomic E-state index is -1.08. The van der Waals surface area contributed by atoms with Crippen LogP contribution in [0, 0.1) is 12.3 Å². The average molecular weight is 465 g/mol. The van der Waals surface area contributed by atoms with Crippen LogP contribution in [0.1, 0.15) is 66.7 Å². The zero-order valence-electron chi connectivity index (χ0n) is 20.1. The van der Waals surface area contributed by atoms with Crippen LogP contribution in [-0.4, -0.2) is 29.3 Å². The first kappa shape index (κ1) is 23.8. The van der Waals surface area contributed by atoms with Gasteiger partial charge in [-0.3, -0.25) is 4.79 Å². The SMILES string of the molecule is Cc1cc(C(C)Nc2ccc(CO)cc2C(=O)O)c2oc(N3CCC(C)(C)CC3)cc(=O)c2c1. The lowest BCUT2D eigenvalue weighted by Gasteiger charge is -2.37. The molecule has 7 heteroatoms. The summed E-state index contributed by atoms with van der Waals surface area (Å²) in [6.07, 6.45) is 2.05. The maximum absolute atomic E-state index is 13.1. The fraction of sp³-hybridized carbons (Fsp3) is 0.407. The molecular formula is C27H32N2O5. The molecule has 1 atom stereocenters. The molecule has 7 nitrogen and oxygen atoms in total. The molecule has 1 fully saturated rings. The maximum atomic E-state index is 13.1. The van der Waals surface area contributed by atoms with Crippen molar-refractivity contribution >= 4 is 28.5 Å². The normalized spacial score (nSPS) is 16.4. The third kappa shape index (κ3) is 4.80. The van der Waals surface area contributed by atoms with E-state index in [1.165, 1.54) is 6.07 Å². The van der Waals surface area contributed by atoms with Gasteiger partial charge in [0.1, 0.15) is 5.58 Å². The van der Waals surface area contributed by atoms with E-state index in [9.17, 15) is 19.8 Å². The van der Waals surface area contributed by atoms with E-state index in [0.29, 0.717) is 28.1 Å². The van der Waals surface area contributed by atoms with Crippen LogP contribution in [0.25, 0.3) is 11.0 Å². The zero-order chi connectivity index (χ0) is 24.6. The van der Waals surface area contributed by atoms with Crippen molar-refractivity contribution in [2.45, 2.75) is 53.2 Å². The molecule has 1 aliphatic heterocycles. The van der Waals surface area contributed by atoms with Crippen molar-refractivity contribution in [3.8, 4) is 0 Å². The molecular weight excluding hydrogens is 432 g/mol. The second-order valence-electron chi connectivity index (χ2n) is 10.0. The molecule has 3 aromatic rings. The number of carboxylic acid groups (broad SMARTS) is 1. The standard InChI is InChI=1S/C27H32N2O5/c1-16-11-19(17(2)28-22-6-5-18(15-30)13-20(22)26(32)33)25-21(12-16)23(31)14-24(34-25)29-9-7-27(3,4)8-10-29/h5-6,11-14,17,28,30H,7-10,15H2,1-4H3,(H,32,33). The summed E-state index contributed by atoms with van der Waals surface area (Å²) in [7, 11) is 0. The van der Waals surface area contributed by atoms with Crippen LogP contribution in [0.4, 0.5) is 11.6 Å². The van der Waals surface area contributed by atoms with E-state index >= 15 is 0 Å². The van der Waals surface area contributed by atoms with Crippen molar-refractivity contribution in [1.29, 1.82) is 0 Å². The molecule has 1 aromatic heterocycles. The largest absolute Gasteiger partial charge is 0.478 e. The molecule has 0 saturated carbocycles. The van der Waals surface area contributed by atoms with Gasteiger partial charge in [0.05, 0.1) is 23.6 Å². The van der Waals surface area contributed by atoms with Gasteiger partial charge in [0.25, 0.3) is 0 Å². The molecule has 2 aromatic carbocycles. The highest BCUT2D eigenvalue weighted by Crippen LogP contribution is 2.34. The van der Waals surface area contributed by atoms with Crippen LogP contribution < -0.4 is 15.6 Å². The van der Waals surface area contributed by atoms with Gasteiger partial charge in [0.15, 0.2) is 11.3 Å². The summed E-state index contributed by atoms with van der Waals surface area (Å²) in [5, 5.41) is 22.8. The summed E-state index contributed by atoms with van der Waals surface area (Å²) >= 11 is 0. The number of aliphatic hydroxyl groups excluding tert-OH is 1. The second-order valence-corrected chi connectivity index (χ2v) is 10.0. The number of piperidine rings is 1. The number of fused-ring (bicyclic) bond motifs is 1. The molecule has 180 valence electrons. The number of aromatic carboxylic acids is 1. The Balaban J connectivity index is 1.74. The van der Waals surface area contributed by atoms with Crippen molar-refractivity contribution in [2.75, 3.05) is 23.3 Å². The Labute approximate surface area is 199 Å². The van der Waals surface area contributed by atoms with Crippen LogP contribution in [0.15, 0.2) is 45.6 Å². The predicted molar refractivity (Wildman–Crippen MR) is 134 cm³/mol. The Morgan fingerprint density at radius 3 is 2.53 bits per heavy atom. The minimum Gasteiger partial charge on any atom is -0.478 e. The quantitative estimate of drug-likeness (QED) is 0.467. The molecule has 0 aliphatic carbocycles. The zero-order valence-corrected chi connectivity index (χ0v) is 20.1.